The largest absolute Gasteiger partial charge is 0.503 e. The molecule has 0 bridgehead atoms. The highest BCUT2D eigenvalue weighted by atomic mass is 19.1. The number of hydrogen-bond acceptors (Lipinski definition) is 3. The number of hydrogen-bond donors (Lipinski definition) is 2. The highest BCUT2D eigenvalue weighted by Crippen LogP contribution is 2.28. The molecule has 0 saturated carbocycles. The van der Waals surface area contributed by atoms with Crippen LogP contribution in [0.15, 0.2) is 36.4 Å². The van der Waals surface area contributed by atoms with Gasteiger partial charge in [-0.1, -0.05) is 0 Å². The number of halogens is 2. The minimum Gasteiger partial charge on any atom is -0.503 e. The van der Waals surface area contributed by atoms with E-state index in [2.05, 4.69) is 5.32 Å². The van der Waals surface area contributed by atoms with Crippen LogP contribution in [-0.4, -0.2) is 18.1 Å². The van der Waals surface area contributed by atoms with E-state index in [4.69, 9.17) is 4.74 Å². The molecule has 0 aliphatic heterocycles. The van der Waals surface area contributed by atoms with Crippen LogP contribution in [0.1, 0.15) is 10.4 Å². The summed E-state index contributed by atoms with van der Waals surface area (Å²) in [7, 11) is 1.49. The van der Waals surface area contributed by atoms with Gasteiger partial charge in [0.15, 0.2) is 11.6 Å². The summed E-state index contributed by atoms with van der Waals surface area (Å²) in [5.41, 5.74) is -0.0711. The summed E-state index contributed by atoms with van der Waals surface area (Å²) in [4.78, 5) is 11.9. The zero-order chi connectivity index (χ0) is 14.7. The number of methoxy groups -OCH3 is 1. The molecule has 0 aliphatic carbocycles. The Bertz CT molecular complexity index is 642. The first-order chi connectivity index (χ1) is 9.51. The van der Waals surface area contributed by atoms with Gasteiger partial charge >= 0.3 is 0 Å². The maximum atomic E-state index is 13.1. The van der Waals surface area contributed by atoms with Gasteiger partial charge in [0.1, 0.15) is 11.6 Å². The number of phenolic OH excluding ortho intramolecular Hbond substituents is 1. The molecule has 0 heterocycles. The van der Waals surface area contributed by atoms with E-state index in [0.29, 0.717) is 11.8 Å². The van der Waals surface area contributed by atoms with E-state index in [-0.39, 0.29) is 11.3 Å². The van der Waals surface area contributed by atoms with Gasteiger partial charge in [-0.2, -0.15) is 0 Å². The predicted octanol–water partition coefficient (Wildman–Crippen LogP) is 2.93. The minimum atomic E-state index is -1.14. The average molecular weight is 279 g/mol. The fourth-order valence-electron chi connectivity index (χ4n) is 1.60. The quantitative estimate of drug-likeness (QED) is 0.849. The van der Waals surface area contributed by atoms with E-state index in [9.17, 15) is 18.7 Å². The molecule has 2 N–H and O–H groups in total. The average Bonchev–Trinajstić information content (AvgIpc) is 2.44. The Kier molecular flexibility index (Phi) is 3.84. The number of anilines is 1. The second-order valence-corrected chi connectivity index (χ2v) is 3.97. The van der Waals surface area contributed by atoms with Crippen molar-refractivity contribution in [3.8, 4) is 11.5 Å². The van der Waals surface area contributed by atoms with E-state index in [1.807, 2.05) is 0 Å². The lowest BCUT2D eigenvalue weighted by Crippen LogP contribution is -2.12. The lowest BCUT2D eigenvalue weighted by atomic mass is 10.2. The zero-order valence-electron chi connectivity index (χ0n) is 10.5. The highest BCUT2D eigenvalue weighted by Gasteiger charge is 2.13. The molecule has 0 saturated heterocycles. The molecule has 0 spiro atoms. The highest BCUT2D eigenvalue weighted by molar-refractivity contribution is 6.05. The fourth-order valence-corrected chi connectivity index (χ4v) is 1.60. The van der Waals surface area contributed by atoms with E-state index < -0.39 is 23.3 Å². The van der Waals surface area contributed by atoms with E-state index >= 15 is 0 Å². The first-order valence-corrected chi connectivity index (χ1v) is 5.64. The molecule has 1 amide bonds. The van der Waals surface area contributed by atoms with Gasteiger partial charge < -0.3 is 15.2 Å². The second-order valence-electron chi connectivity index (χ2n) is 3.97. The molecule has 2 rings (SSSR count). The molecule has 2 aromatic carbocycles. The Labute approximate surface area is 113 Å². The fraction of sp³-hybridized carbons (Fsp3) is 0.0714. The normalized spacial score (nSPS) is 10.2. The van der Waals surface area contributed by atoms with Crippen LogP contribution in [0.3, 0.4) is 0 Å². The Balaban J connectivity index is 2.23. The molecule has 104 valence electrons. The molecule has 20 heavy (non-hydrogen) atoms. The van der Waals surface area contributed by atoms with Crippen LogP contribution in [0.4, 0.5) is 14.5 Å². The van der Waals surface area contributed by atoms with Crippen molar-refractivity contribution < 1.29 is 23.4 Å². The molecule has 6 heteroatoms. The third-order valence-corrected chi connectivity index (χ3v) is 2.63. The van der Waals surface area contributed by atoms with Gasteiger partial charge in [0, 0.05) is 17.7 Å². The number of amides is 1. The Morgan fingerprint density at radius 3 is 2.45 bits per heavy atom. The summed E-state index contributed by atoms with van der Waals surface area (Å²) in [6.45, 7) is 0. The number of nitrogens with one attached hydrogen (secondary N) is 1. The van der Waals surface area contributed by atoms with Gasteiger partial charge in [0.2, 0.25) is 0 Å². The molecular formula is C14H11F2NO3. The second kappa shape index (κ2) is 5.56. The topological polar surface area (TPSA) is 58.6 Å². The maximum absolute atomic E-state index is 13.1. The molecule has 0 unspecified atom stereocenters. The van der Waals surface area contributed by atoms with E-state index in [0.717, 1.165) is 6.07 Å². The Hall–Kier alpha value is -2.63. The van der Waals surface area contributed by atoms with Crippen LogP contribution < -0.4 is 10.1 Å². The molecule has 0 aromatic heterocycles. The van der Waals surface area contributed by atoms with Gasteiger partial charge in [-0.25, -0.2) is 8.78 Å². The zero-order valence-corrected chi connectivity index (χ0v) is 10.5. The first kappa shape index (κ1) is 13.8. The van der Waals surface area contributed by atoms with Crippen molar-refractivity contribution >= 4 is 11.6 Å². The van der Waals surface area contributed by atoms with Gasteiger partial charge in [-0.15, -0.1) is 0 Å². The van der Waals surface area contributed by atoms with Gasteiger partial charge in [-0.3, -0.25) is 4.79 Å². The van der Waals surface area contributed by atoms with Gasteiger partial charge in [0.25, 0.3) is 5.91 Å². The lowest BCUT2D eigenvalue weighted by Gasteiger charge is -2.08. The molecule has 2 aromatic rings. The van der Waals surface area contributed by atoms with Crippen LogP contribution in [0.25, 0.3) is 0 Å². The van der Waals surface area contributed by atoms with Crippen molar-refractivity contribution in [1.82, 2.24) is 0 Å². The first-order valence-electron chi connectivity index (χ1n) is 5.64. The lowest BCUT2D eigenvalue weighted by molar-refractivity contribution is 0.102. The SMILES string of the molecule is COc1ccc(C(=O)Nc2cc(F)cc(F)c2O)cc1. The van der Waals surface area contributed by atoms with Crippen molar-refractivity contribution in [3.63, 3.8) is 0 Å². The monoisotopic (exact) mass is 279 g/mol. The number of carbonyl (C=O) groups is 1. The van der Waals surface area contributed by atoms with E-state index in [1.54, 1.807) is 12.1 Å². The minimum absolute atomic E-state index is 0.259. The molecule has 0 aliphatic rings. The van der Waals surface area contributed by atoms with Crippen LogP contribution in [0.5, 0.6) is 11.5 Å². The van der Waals surface area contributed by atoms with Crippen LogP contribution in [0, 0.1) is 11.6 Å². The van der Waals surface area contributed by atoms with Crippen LogP contribution >= 0.6 is 0 Å². The summed E-state index contributed by atoms with van der Waals surface area (Å²) < 4.78 is 31.1. The van der Waals surface area contributed by atoms with Crippen molar-refractivity contribution in [3.05, 3.63) is 53.6 Å². The molecule has 0 fully saturated rings. The smallest absolute Gasteiger partial charge is 0.255 e. The Morgan fingerprint density at radius 1 is 1.20 bits per heavy atom. The van der Waals surface area contributed by atoms with E-state index in [1.165, 1.54) is 19.2 Å². The van der Waals surface area contributed by atoms with Crippen molar-refractivity contribution in [2.45, 2.75) is 0 Å². The van der Waals surface area contributed by atoms with Gasteiger partial charge in [0.05, 0.1) is 12.8 Å². The van der Waals surface area contributed by atoms with Crippen molar-refractivity contribution in [2.75, 3.05) is 12.4 Å². The van der Waals surface area contributed by atoms with Gasteiger partial charge in [-0.05, 0) is 24.3 Å². The Morgan fingerprint density at radius 2 is 1.85 bits per heavy atom. The number of aromatic hydroxyl groups is 1. The van der Waals surface area contributed by atoms with Crippen molar-refractivity contribution in [1.29, 1.82) is 0 Å². The number of rotatable bonds is 3. The number of ether oxygens (including phenoxy) is 1. The summed E-state index contributed by atoms with van der Waals surface area (Å²) in [5, 5.41) is 11.7. The molecular weight excluding hydrogens is 268 g/mol. The number of phenols is 1. The molecule has 0 atom stereocenters. The predicted molar refractivity (Wildman–Crippen MR) is 69.0 cm³/mol. The van der Waals surface area contributed by atoms with Crippen LogP contribution in [-0.2, 0) is 0 Å². The van der Waals surface area contributed by atoms with Crippen molar-refractivity contribution in [2.24, 2.45) is 0 Å². The summed E-state index contributed by atoms with van der Waals surface area (Å²) in [6, 6.07) is 7.47. The third-order valence-electron chi connectivity index (χ3n) is 2.63. The number of benzene rings is 2. The summed E-state index contributed by atoms with van der Waals surface area (Å²) in [6.07, 6.45) is 0. The summed E-state index contributed by atoms with van der Waals surface area (Å²) >= 11 is 0. The van der Waals surface area contributed by atoms with Crippen LogP contribution in [0.2, 0.25) is 0 Å². The summed E-state index contributed by atoms with van der Waals surface area (Å²) in [5.74, 6) is -2.89. The molecule has 4 nitrogen and oxygen atoms in total. The standard InChI is InChI=1S/C14H11F2NO3/c1-20-10-4-2-8(3-5-10)14(19)17-12-7-9(15)6-11(16)13(12)18/h2-7,18H,1H3,(H,17,19). The third kappa shape index (κ3) is 2.85. The molecule has 0 radical (unpaired) electrons. The maximum Gasteiger partial charge on any atom is 0.255 e. The number of carbonyl (C=O) groups excluding carboxylic acids is 1.